The Morgan fingerprint density at radius 3 is 2.42 bits per heavy atom. The van der Waals surface area contributed by atoms with Crippen LogP contribution in [0.25, 0.3) is 11.8 Å². The molecule has 0 aliphatic carbocycles. The Balaban J connectivity index is 1.36. The Labute approximate surface area is 202 Å². The number of likely N-dealkylation sites (N-methyl/N-ethyl adjacent to an activating group) is 1. The van der Waals surface area contributed by atoms with E-state index >= 15 is 0 Å². The summed E-state index contributed by atoms with van der Waals surface area (Å²) in [5.74, 6) is -0.0625. The van der Waals surface area contributed by atoms with E-state index in [0.717, 1.165) is 49.1 Å². The molecule has 0 saturated carbocycles. The average Bonchev–Trinajstić information content (AvgIpc) is 3.41. The molecule has 1 aromatic heterocycles. The number of rotatable bonds is 4. The molecule has 3 aromatic rings. The number of hydrogen-bond acceptors (Lipinski definition) is 5. The maximum atomic E-state index is 12.9. The molecule has 2 saturated heterocycles. The van der Waals surface area contributed by atoms with E-state index in [1.54, 1.807) is 11.9 Å². The SMILES string of the molecule is CN1C(=O)/C(=C/c2cccn2-c2ccc(Cl)cc2)SC1=Nc1ccc(N2CCOCC2)cc1. The molecular weight excluding hydrogens is 456 g/mol. The van der Waals surface area contributed by atoms with Gasteiger partial charge in [0.25, 0.3) is 5.91 Å². The number of ether oxygens (including phenoxy) is 1. The van der Waals surface area contributed by atoms with E-state index in [1.807, 2.05) is 65.4 Å². The Morgan fingerprint density at radius 2 is 1.70 bits per heavy atom. The van der Waals surface area contributed by atoms with Crippen LogP contribution in [-0.2, 0) is 9.53 Å². The zero-order valence-electron chi connectivity index (χ0n) is 18.1. The normalized spacial score (nSPS) is 19.2. The Hall–Kier alpha value is -3.00. The molecule has 33 heavy (non-hydrogen) atoms. The molecule has 2 aliphatic heterocycles. The summed E-state index contributed by atoms with van der Waals surface area (Å²) in [5.41, 5.74) is 3.88. The monoisotopic (exact) mass is 478 g/mol. The van der Waals surface area contributed by atoms with Gasteiger partial charge in [0, 0.05) is 48.4 Å². The Bertz CT molecular complexity index is 1210. The lowest BCUT2D eigenvalue weighted by molar-refractivity contribution is -0.121. The van der Waals surface area contributed by atoms with E-state index in [2.05, 4.69) is 17.0 Å². The van der Waals surface area contributed by atoms with E-state index in [0.29, 0.717) is 15.1 Å². The maximum Gasteiger partial charge on any atom is 0.266 e. The van der Waals surface area contributed by atoms with Gasteiger partial charge in [-0.1, -0.05) is 11.6 Å². The van der Waals surface area contributed by atoms with Gasteiger partial charge in [0.05, 0.1) is 23.8 Å². The van der Waals surface area contributed by atoms with Crippen LogP contribution in [0.15, 0.2) is 76.8 Å². The molecule has 3 heterocycles. The number of hydrogen-bond donors (Lipinski definition) is 0. The van der Waals surface area contributed by atoms with Crippen LogP contribution >= 0.6 is 23.4 Å². The molecule has 5 rings (SSSR count). The smallest absolute Gasteiger partial charge is 0.266 e. The molecule has 2 fully saturated rings. The zero-order chi connectivity index (χ0) is 22.8. The van der Waals surface area contributed by atoms with Crippen molar-refractivity contribution < 1.29 is 9.53 Å². The number of aliphatic imine (C=N–C) groups is 1. The number of thioether (sulfide) groups is 1. The van der Waals surface area contributed by atoms with Crippen molar-refractivity contribution in [2.24, 2.45) is 4.99 Å². The van der Waals surface area contributed by atoms with Gasteiger partial charge >= 0.3 is 0 Å². The average molecular weight is 479 g/mol. The van der Waals surface area contributed by atoms with Crippen molar-refractivity contribution in [1.29, 1.82) is 0 Å². The van der Waals surface area contributed by atoms with E-state index < -0.39 is 0 Å². The van der Waals surface area contributed by atoms with Crippen LogP contribution in [0.3, 0.4) is 0 Å². The van der Waals surface area contributed by atoms with Crippen molar-refractivity contribution in [2.45, 2.75) is 0 Å². The van der Waals surface area contributed by atoms with Crippen LogP contribution in [0.5, 0.6) is 0 Å². The largest absolute Gasteiger partial charge is 0.378 e. The minimum atomic E-state index is -0.0625. The van der Waals surface area contributed by atoms with Crippen LogP contribution in [0, 0.1) is 0 Å². The molecule has 0 atom stereocenters. The molecule has 2 aliphatic rings. The molecule has 6 nitrogen and oxygen atoms in total. The van der Waals surface area contributed by atoms with E-state index in [1.165, 1.54) is 11.8 Å². The van der Waals surface area contributed by atoms with Crippen molar-refractivity contribution in [3.8, 4) is 5.69 Å². The summed E-state index contributed by atoms with van der Waals surface area (Å²) < 4.78 is 7.45. The van der Waals surface area contributed by atoms with Crippen molar-refractivity contribution in [3.63, 3.8) is 0 Å². The van der Waals surface area contributed by atoms with Gasteiger partial charge in [0.2, 0.25) is 0 Å². The third-order valence-corrected chi connectivity index (χ3v) is 6.93. The number of amides is 1. The van der Waals surface area contributed by atoms with Crippen LogP contribution in [0.4, 0.5) is 11.4 Å². The number of halogens is 1. The van der Waals surface area contributed by atoms with Crippen molar-refractivity contribution in [2.75, 3.05) is 38.3 Å². The molecule has 0 N–H and O–H groups in total. The highest BCUT2D eigenvalue weighted by Crippen LogP contribution is 2.34. The topological polar surface area (TPSA) is 50.1 Å². The summed E-state index contributed by atoms with van der Waals surface area (Å²) >= 11 is 7.41. The first kappa shape index (κ1) is 21.8. The molecule has 0 spiro atoms. The van der Waals surface area contributed by atoms with E-state index in [-0.39, 0.29) is 5.91 Å². The zero-order valence-corrected chi connectivity index (χ0v) is 19.7. The molecule has 168 valence electrons. The molecular formula is C25H23ClN4O2S. The Kier molecular flexibility index (Phi) is 6.26. The third kappa shape index (κ3) is 4.71. The van der Waals surface area contributed by atoms with Crippen LogP contribution in [0.1, 0.15) is 5.69 Å². The lowest BCUT2D eigenvalue weighted by Gasteiger charge is -2.28. The summed E-state index contributed by atoms with van der Waals surface area (Å²) in [5, 5.41) is 1.35. The second kappa shape index (κ2) is 9.47. The van der Waals surface area contributed by atoms with Crippen LogP contribution in [-0.4, -0.2) is 53.9 Å². The number of carbonyl (C=O) groups excluding carboxylic acids is 1. The lowest BCUT2D eigenvalue weighted by atomic mass is 10.2. The number of aromatic nitrogens is 1. The van der Waals surface area contributed by atoms with E-state index in [4.69, 9.17) is 21.3 Å². The number of carbonyl (C=O) groups is 1. The third-order valence-electron chi connectivity index (χ3n) is 5.62. The second-order valence-corrected chi connectivity index (χ2v) is 9.21. The van der Waals surface area contributed by atoms with Crippen molar-refractivity contribution in [1.82, 2.24) is 9.47 Å². The fourth-order valence-corrected chi connectivity index (χ4v) is 4.90. The van der Waals surface area contributed by atoms with Gasteiger partial charge in [-0.3, -0.25) is 9.69 Å². The standard InChI is InChI=1S/C25H23ClN4O2S/c1-28-24(31)23(17-22-3-2-12-30(22)21-8-4-18(26)5-9-21)33-25(28)27-19-6-10-20(11-7-19)29-13-15-32-16-14-29/h2-12,17H,13-16H2,1H3/b23-17-,27-25?. The molecule has 0 unspecified atom stereocenters. The molecule has 2 aromatic carbocycles. The predicted octanol–water partition coefficient (Wildman–Crippen LogP) is 5.20. The van der Waals surface area contributed by atoms with E-state index in [9.17, 15) is 4.79 Å². The van der Waals surface area contributed by atoms with Gasteiger partial charge in [-0.2, -0.15) is 0 Å². The summed E-state index contributed by atoms with van der Waals surface area (Å²) in [4.78, 5) is 22.2. The minimum absolute atomic E-state index is 0.0625. The number of morpholine rings is 1. The maximum absolute atomic E-state index is 12.9. The number of benzene rings is 2. The van der Waals surface area contributed by atoms with Crippen LogP contribution in [0.2, 0.25) is 5.02 Å². The number of amidine groups is 1. The number of nitrogens with zero attached hydrogens (tertiary/aromatic N) is 4. The second-order valence-electron chi connectivity index (χ2n) is 7.76. The summed E-state index contributed by atoms with van der Waals surface area (Å²) in [7, 11) is 1.76. The first-order valence-corrected chi connectivity index (χ1v) is 11.9. The Morgan fingerprint density at radius 1 is 1.00 bits per heavy atom. The van der Waals surface area contributed by atoms with Crippen molar-refractivity contribution in [3.05, 3.63) is 82.5 Å². The lowest BCUT2D eigenvalue weighted by Crippen LogP contribution is -2.36. The minimum Gasteiger partial charge on any atom is -0.378 e. The fraction of sp³-hybridized carbons (Fsp3) is 0.200. The highest BCUT2D eigenvalue weighted by Gasteiger charge is 2.30. The quantitative estimate of drug-likeness (QED) is 0.483. The summed E-state index contributed by atoms with van der Waals surface area (Å²) in [6.07, 6.45) is 3.87. The molecule has 0 bridgehead atoms. The first-order valence-electron chi connectivity index (χ1n) is 10.7. The van der Waals surface area contributed by atoms with Gasteiger partial charge in [0.15, 0.2) is 5.17 Å². The first-order chi connectivity index (χ1) is 16.1. The highest BCUT2D eigenvalue weighted by molar-refractivity contribution is 8.18. The van der Waals surface area contributed by atoms with Gasteiger partial charge < -0.3 is 14.2 Å². The fourth-order valence-electron chi connectivity index (χ4n) is 3.80. The summed E-state index contributed by atoms with van der Waals surface area (Å²) in [6.45, 7) is 3.30. The van der Waals surface area contributed by atoms with Crippen LogP contribution < -0.4 is 4.90 Å². The highest BCUT2D eigenvalue weighted by atomic mass is 35.5. The molecule has 1 amide bonds. The predicted molar refractivity (Wildman–Crippen MR) is 136 cm³/mol. The number of anilines is 1. The molecule has 0 radical (unpaired) electrons. The summed E-state index contributed by atoms with van der Waals surface area (Å²) in [6, 6.07) is 19.7. The van der Waals surface area contributed by atoms with Gasteiger partial charge in [-0.15, -0.1) is 0 Å². The van der Waals surface area contributed by atoms with Gasteiger partial charge in [0.1, 0.15) is 0 Å². The van der Waals surface area contributed by atoms with Gasteiger partial charge in [-0.25, -0.2) is 4.99 Å². The van der Waals surface area contributed by atoms with Gasteiger partial charge in [-0.05, 0) is 78.5 Å². The molecule has 8 heteroatoms. The van der Waals surface area contributed by atoms with Crippen molar-refractivity contribution >= 4 is 51.9 Å².